The molecule has 1 N–H and O–H groups in total. The summed E-state index contributed by atoms with van der Waals surface area (Å²) in [5, 5.41) is 14.4. The highest BCUT2D eigenvalue weighted by atomic mass is 16.4. The smallest absolute Gasteiger partial charge is 0.335 e. The van der Waals surface area contributed by atoms with Gasteiger partial charge in [-0.2, -0.15) is 5.10 Å². The van der Waals surface area contributed by atoms with Gasteiger partial charge >= 0.3 is 5.97 Å². The molecular formula is C12H14N2O2. The van der Waals surface area contributed by atoms with Crippen molar-refractivity contribution in [2.45, 2.75) is 26.8 Å². The van der Waals surface area contributed by atoms with E-state index in [1.165, 1.54) is 0 Å². The van der Waals surface area contributed by atoms with Gasteiger partial charge in [0.1, 0.15) is 0 Å². The van der Waals surface area contributed by atoms with Gasteiger partial charge < -0.3 is 5.11 Å². The van der Waals surface area contributed by atoms with Crippen molar-refractivity contribution in [1.29, 1.82) is 0 Å². The van der Waals surface area contributed by atoms with Gasteiger partial charge in [-0.05, 0) is 32.9 Å². The molecule has 0 amide bonds. The average Bonchev–Trinajstić information content (AvgIpc) is 2.56. The van der Waals surface area contributed by atoms with Gasteiger partial charge in [-0.15, -0.1) is 0 Å². The third-order valence-electron chi connectivity index (χ3n) is 2.63. The van der Waals surface area contributed by atoms with Crippen LogP contribution in [0.5, 0.6) is 0 Å². The number of aromatic nitrogens is 2. The van der Waals surface area contributed by atoms with E-state index in [0.717, 1.165) is 16.6 Å². The molecule has 0 unspecified atom stereocenters. The van der Waals surface area contributed by atoms with Gasteiger partial charge in [-0.25, -0.2) is 4.79 Å². The summed E-state index contributed by atoms with van der Waals surface area (Å²) >= 11 is 0. The molecule has 84 valence electrons. The van der Waals surface area contributed by atoms with Crippen LogP contribution in [0.3, 0.4) is 0 Å². The molecule has 1 aromatic heterocycles. The zero-order valence-electron chi connectivity index (χ0n) is 9.56. The molecule has 0 bridgehead atoms. The van der Waals surface area contributed by atoms with Gasteiger partial charge in [0.25, 0.3) is 0 Å². The van der Waals surface area contributed by atoms with E-state index in [-0.39, 0.29) is 6.04 Å². The first kappa shape index (κ1) is 10.7. The van der Waals surface area contributed by atoms with Crippen LogP contribution < -0.4 is 0 Å². The van der Waals surface area contributed by atoms with Gasteiger partial charge in [-0.3, -0.25) is 4.68 Å². The molecule has 4 heteroatoms. The maximum absolute atomic E-state index is 10.9. The molecule has 0 aliphatic rings. The lowest BCUT2D eigenvalue weighted by atomic mass is 10.1. The standard InChI is InChI=1S/C12H14N2O2/c1-7(2)14-11-6-9(12(15)16)4-5-10(11)8(3)13-14/h4-7H,1-3H3,(H,15,16). The Balaban J connectivity index is 2.74. The molecule has 1 heterocycles. The van der Waals surface area contributed by atoms with Crippen LogP contribution in [0.4, 0.5) is 0 Å². The number of aryl methyl sites for hydroxylation is 1. The molecule has 0 radical (unpaired) electrons. The maximum Gasteiger partial charge on any atom is 0.335 e. The third kappa shape index (κ3) is 1.56. The van der Waals surface area contributed by atoms with Crippen LogP contribution in [-0.2, 0) is 0 Å². The second kappa shape index (κ2) is 3.63. The first-order valence-electron chi connectivity index (χ1n) is 5.23. The van der Waals surface area contributed by atoms with Gasteiger partial charge in [-0.1, -0.05) is 6.07 Å². The lowest BCUT2D eigenvalue weighted by molar-refractivity contribution is 0.0697. The average molecular weight is 218 g/mol. The fraction of sp³-hybridized carbons (Fsp3) is 0.333. The molecule has 2 aromatic rings. The number of hydrogen-bond donors (Lipinski definition) is 1. The number of carbonyl (C=O) groups is 1. The maximum atomic E-state index is 10.9. The molecule has 4 nitrogen and oxygen atoms in total. The lowest BCUT2D eigenvalue weighted by Gasteiger charge is -2.07. The lowest BCUT2D eigenvalue weighted by Crippen LogP contribution is -2.03. The summed E-state index contributed by atoms with van der Waals surface area (Å²) < 4.78 is 1.86. The monoisotopic (exact) mass is 218 g/mol. The highest BCUT2D eigenvalue weighted by Crippen LogP contribution is 2.22. The molecule has 0 spiro atoms. The molecule has 0 aliphatic heterocycles. The normalized spacial score (nSPS) is 11.2. The van der Waals surface area contributed by atoms with Crippen LogP contribution in [0.1, 0.15) is 35.9 Å². The Morgan fingerprint density at radius 1 is 1.44 bits per heavy atom. The quantitative estimate of drug-likeness (QED) is 0.843. The largest absolute Gasteiger partial charge is 0.478 e. The summed E-state index contributed by atoms with van der Waals surface area (Å²) in [4.78, 5) is 10.9. The summed E-state index contributed by atoms with van der Waals surface area (Å²) in [6.45, 7) is 5.99. The summed E-state index contributed by atoms with van der Waals surface area (Å²) in [6, 6.07) is 5.34. The molecule has 0 saturated heterocycles. The minimum atomic E-state index is -0.906. The second-order valence-corrected chi connectivity index (χ2v) is 4.16. The minimum absolute atomic E-state index is 0.222. The number of carboxylic acid groups (broad SMARTS) is 1. The number of hydrogen-bond acceptors (Lipinski definition) is 2. The number of rotatable bonds is 2. The Morgan fingerprint density at radius 3 is 2.69 bits per heavy atom. The van der Waals surface area contributed by atoms with E-state index in [1.54, 1.807) is 12.1 Å². The van der Waals surface area contributed by atoms with Crippen molar-refractivity contribution in [2.24, 2.45) is 0 Å². The molecule has 0 saturated carbocycles. The fourth-order valence-corrected chi connectivity index (χ4v) is 1.82. The van der Waals surface area contributed by atoms with Crippen LogP contribution >= 0.6 is 0 Å². The molecule has 0 aliphatic carbocycles. The highest BCUT2D eigenvalue weighted by Gasteiger charge is 2.12. The van der Waals surface area contributed by atoms with Crippen molar-refractivity contribution >= 4 is 16.9 Å². The van der Waals surface area contributed by atoms with Gasteiger partial charge in [0.05, 0.1) is 16.8 Å². The zero-order valence-corrected chi connectivity index (χ0v) is 9.56. The van der Waals surface area contributed by atoms with Crippen LogP contribution in [0.2, 0.25) is 0 Å². The first-order valence-corrected chi connectivity index (χ1v) is 5.23. The van der Waals surface area contributed by atoms with E-state index in [1.807, 2.05) is 31.5 Å². The van der Waals surface area contributed by atoms with E-state index in [9.17, 15) is 4.79 Å². The van der Waals surface area contributed by atoms with Crippen molar-refractivity contribution < 1.29 is 9.90 Å². The number of benzene rings is 1. The molecule has 1 aromatic carbocycles. The Bertz CT molecular complexity index is 555. The van der Waals surface area contributed by atoms with Crippen LogP contribution in [0.25, 0.3) is 10.9 Å². The molecule has 2 rings (SSSR count). The number of nitrogens with zero attached hydrogens (tertiary/aromatic N) is 2. The van der Waals surface area contributed by atoms with Crippen molar-refractivity contribution in [2.75, 3.05) is 0 Å². The number of aromatic carboxylic acids is 1. The Morgan fingerprint density at radius 2 is 2.12 bits per heavy atom. The van der Waals surface area contributed by atoms with Gasteiger partial charge in [0.15, 0.2) is 0 Å². The molecule has 0 atom stereocenters. The molecular weight excluding hydrogens is 204 g/mol. The van der Waals surface area contributed by atoms with Crippen molar-refractivity contribution in [3.8, 4) is 0 Å². The predicted octanol–water partition coefficient (Wildman–Crippen LogP) is 2.62. The second-order valence-electron chi connectivity index (χ2n) is 4.16. The van der Waals surface area contributed by atoms with Crippen molar-refractivity contribution in [3.05, 3.63) is 29.5 Å². The summed E-state index contributed by atoms with van der Waals surface area (Å²) in [7, 11) is 0. The topological polar surface area (TPSA) is 55.1 Å². The summed E-state index contributed by atoms with van der Waals surface area (Å²) in [6.07, 6.45) is 0. The third-order valence-corrected chi connectivity index (χ3v) is 2.63. The van der Waals surface area contributed by atoms with E-state index in [4.69, 9.17) is 5.11 Å². The Labute approximate surface area is 93.5 Å². The molecule has 16 heavy (non-hydrogen) atoms. The minimum Gasteiger partial charge on any atom is -0.478 e. The summed E-state index contributed by atoms with van der Waals surface area (Å²) in [5.41, 5.74) is 2.11. The van der Waals surface area contributed by atoms with Crippen LogP contribution in [0, 0.1) is 6.92 Å². The van der Waals surface area contributed by atoms with Crippen LogP contribution in [-0.4, -0.2) is 20.9 Å². The SMILES string of the molecule is Cc1nn(C(C)C)c2cc(C(=O)O)ccc12. The fourth-order valence-electron chi connectivity index (χ4n) is 1.82. The number of carboxylic acids is 1. The predicted molar refractivity (Wildman–Crippen MR) is 61.8 cm³/mol. The van der Waals surface area contributed by atoms with Gasteiger partial charge in [0.2, 0.25) is 0 Å². The van der Waals surface area contributed by atoms with E-state index in [2.05, 4.69) is 5.10 Å². The van der Waals surface area contributed by atoms with Crippen molar-refractivity contribution in [3.63, 3.8) is 0 Å². The zero-order chi connectivity index (χ0) is 11.9. The summed E-state index contributed by atoms with van der Waals surface area (Å²) in [5.74, 6) is -0.906. The van der Waals surface area contributed by atoms with E-state index >= 15 is 0 Å². The highest BCUT2D eigenvalue weighted by molar-refractivity contribution is 5.94. The Kier molecular flexibility index (Phi) is 2.42. The number of fused-ring (bicyclic) bond motifs is 1. The van der Waals surface area contributed by atoms with E-state index < -0.39 is 5.97 Å². The Hall–Kier alpha value is -1.84. The van der Waals surface area contributed by atoms with Crippen LogP contribution in [0.15, 0.2) is 18.2 Å². The van der Waals surface area contributed by atoms with E-state index in [0.29, 0.717) is 5.56 Å². The molecule has 0 fully saturated rings. The van der Waals surface area contributed by atoms with Gasteiger partial charge in [0, 0.05) is 11.4 Å². The first-order chi connectivity index (χ1) is 7.50. The van der Waals surface area contributed by atoms with Crippen molar-refractivity contribution in [1.82, 2.24) is 9.78 Å².